The topological polar surface area (TPSA) is 140 Å². The van der Waals surface area contributed by atoms with Crippen molar-refractivity contribution < 1.29 is 28.7 Å². The van der Waals surface area contributed by atoms with Crippen molar-refractivity contribution in [3.05, 3.63) is 59.7 Å². The van der Waals surface area contributed by atoms with Crippen molar-refractivity contribution in [2.45, 2.75) is 58.2 Å². The normalized spacial score (nSPS) is 12.3. The Kier molecular flexibility index (Phi) is 10.3. The minimum Gasteiger partial charge on any atom is -0.497 e. The number of nitrogens with zero attached hydrogens (tertiary/aromatic N) is 1. The molecule has 202 valence electrons. The Balaban J connectivity index is 2.46. The Hall–Kier alpha value is -4.52. The van der Waals surface area contributed by atoms with Crippen LogP contribution < -0.4 is 21.1 Å². The number of nitrogens with one attached hydrogen (secondary N) is 2. The molecule has 0 aromatic heterocycles. The number of alkyl carbamates (subject to hydrolysis) is 1. The van der Waals surface area contributed by atoms with Gasteiger partial charge in [0.2, 0.25) is 5.91 Å². The third kappa shape index (κ3) is 8.55. The van der Waals surface area contributed by atoms with Crippen molar-refractivity contribution in [1.29, 1.82) is 0 Å². The zero-order valence-electron chi connectivity index (χ0n) is 22.2. The maximum atomic E-state index is 13.7. The highest BCUT2D eigenvalue weighted by atomic mass is 16.6. The van der Waals surface area contributed by atoms with E-state index in [0.29, 0.717) is 22.6 Å². The van der Waals surface area contributed by atoms with Gasteiger partial charge in [-0.15, -0.1) is 0 Å². The molecule has 2 unspecified atom stereocenters. The monoisotopic (exact) mass is 522 g/mol. The van der Waals surface area contributed by atoms with Crippen LogP contribution in [0.1, 0.15) is 50.8 Å². The van der Waals surface area contributed by atoms with Crippen LogP contribution in [0.2, 0.25) is 0 Å². The second kappa shape index (κ2) is 13.1. The molecule has 0 aliphatic rings. The molecule has 0 fully saturated rings. The van der Waals surface area contributed by atoms with Crippen molar-refractivity contribution in [3.8, 4) is 18.2 Å². The van der Waals surface area contributed by atoms with Gasteiger partial charge in [-0.2, -0.15) is 0 Å². The van der Waals surface area contributed by atoms with Gasteiger partial charge in [0.25, 0.3) is 11.8 Å². The quantitative estimate of drug-likeness (QED) is 0.323. The molecule has 38 heavy (non-hydrogen) atoms. The number of carbonyl (C=O) groups is 4. The number of carbonyl (C=O) groups excluding carboxylic acids is 4. The molecule has 2 atom stereocenters. The molecular formula is C28H34N4O6. The largest absolute Gasteiger partial charge is 0.497 e. The van der Waals surface area contributed by atoms with Crippen molar-refractivity contribution in [2.75, 3.05) is 12.4 Å². The van der Waals surface area contributed by atoms with Crippen molar-refractivity contribution in [1.82, 2.24) is 10.2 Å². The third-order valence-electron chi connectivity index (χ3n) is 5.39. The molecule has 4 amide bonds. The predicted molar refractivity (Wildman–Crippen MR) is 143 cm³/mol. The van der Waals surface area contributed by atoms with Crippen LogP contribution in [0.25, 0.3) is 0 Å². The van der Waals surface area contributed by atoms with Crippen LogP contribution in [0, 0.1) is 19.4 Å². The molecule has 0 saturated carbocycles. The number of aryl methyl sites for hydroxylation is 1. The number of benzene rings is 2. The minimum absolute atomic E-state index is 0.147. The number of hydrogen-bond acceptors (Lipinski definition) is 6. The van der Waals surface area contributed by atoms with E-state index in [1.54, 1.807) is 76.2 Å². The summed E-state index contributed by atoms with van der Waals surface area (Å²) in [6, 6.07) is 13.4. The number of anilines is 1. The van der Waals surface area contributed by atoms with E-state index in [-0.39, 0.29) is 12.8 Å². The summed E-state index contributed by atoms with van der Waals surface area (Å²) in [6.07, 6.45) is 4.54. The van der Waals surface area contributed by atoms with E-state index in [1.807, 2.05) is 0 Å². The van der Waals surface area contributed by atoms with E-state index < -0.39 is 41.5 Å². The zero-order valence-corrected chi connectivity index (χ0v) is 22.2. The smallest absolute Gasteiger partial charge is 0.408 e. The van der Waals surface area contributed by atoms with Crippen molar-refractivity contribution in [2.24, 2.45) is 5.73 Å². The van der Waals surface area contributed by atoms with E-state index in [1.165, 1.54) is 7.11 Å². The van der Waals surface area contributed by atoms with Crippen LogP contribution in [0.4, 0.5) is 10.5 Å². The number of methoxy groups -OCH3 is 1. The number of ether oxygens (including phenoxy) is 2. The summed E-state index contributed by atoms with van der Waals surface area (Å²) < 4.78 is 10.4. The third-order valence-corrected chi connectivity index (χ3v) is 5.39. The maximum Gasteiger partial charge on any atom is 0.408 e. The molecule has 0 heterocycles. The van der Waals surface area contributed by atoms with Gasteiger partial charge in [-0.25, -0.2) is 4.79 Å². The number of hydrogen-bond donors (Lipinski definition) is 3. The summed E-state index contributed by atoms with van der Waals surface area (Å²) >= 11 is 0. The first-order chi connectivity index (χ1) is 17.9. The van der Waals surface area contributed by atoms with E-state index in [0.717, 1.165) is 4.90 Å². The lowest BCUT2D eigenvalue weighted by Crippen LogP contribution is -2.51. The molecular weight excluding hydrogens is 488 g/mol. The minimum atomic E-state index is -1.28. The summed E-state index contributed by atoms with van der Waals surface area (Å²) in [6.45, 7) is 6.78. The molecule has 0 saturated heterocycles. The fraction of sp³-hybridized carbons (Fsp3) is 0.357. The van der Waals surface area contributed by atoms with Gasteiger partial charge in [0, 0.05) is 18.2 Å². The first kappa shape index (κ1) is 29.7. The van der Waals surface area contributed by atoms with Gasteiger partial charge in [-0.1, -0.05) is 30.7 Å². The SMILES string of the molecule is C#CN(C(=O)C(CCC(N)=O)NC(=O)OC(C)(C)C)C(C(=O)Nc1ccc(OC)cc1)c1ccccc1C. The standard InChI is InChI=1S/C28H34N4O6/c1-7-32(26(35)22(16-17-23(29)33)31-27(36)38-28(3,4)5)24(21-11-9-8-10-18(21)2)25(34)30-19-12-14-20(37-6)15-13-19/h1,8-15,22,24H,16-17H2,2-6H3,(H2,29,33)(H,30,34)(H,31,36). The number of terminal acetylenes is 1. The molecule has 0 spiro atoms. The predicted octanol–water partition coefficient (Wildman–Crippen LogP) is 3.26. The first-order valence-electron chi connectivity index (χ1n) is 11.9. The Morgan fingerprint density at radius 3 is 2.24 bits per heavy atom. The van der Waals surface area contributed by atoms with E-state index in [4.69, 9.17) is 21.6 Å². The number of nitrogens with two attached hydrogens (primary N) is 1. The van der Waals surface area contributed by atoms with E-state index >= 15 is 0 Å². The van der Waals surface area contributed by atoms with Crippen molar-refractivity contribution >= 4 is 29.5 Å². The van der Waals surface area contributed by atoms with Gasteiger partial charge >= 0.3 is 6.09 Å². The summed E-state index contributed by atoms with van der Waals surface area (Å²) in [4.78, 5) is 52.2. The molecule has 2 aromatic rings. The van der Waals surface area contributed by atoms with Gasteiger partial charge in [-0.05, 0) is 69.5 Å². The summed E-state index contributed by atoms with van der Waals surface area (Å²) in [5, 5.41) is 5.24. The average molecular weight is 523 g/mol. The van der Waals surface area contributed by atoms with Gasteiger partial charge < -0.3 is 25.8 Å². The fourth-order valence-electron chi connectivity index (χ4n) is 3.60. The number of primary amides is 1. The summed E-state index contributed by atoms with van der Waals surface area (Å²) in [5.74, 6) is -1.43. The lowest BCUT2D eigenvalue weighted by atomic mass is 9.98. The zero-order chi connectivity index (χ0) is 28.5. The highest BCUT2D eigenvalue weighted by molar-refractivity contribution is 6.00. The van der Waals surface area contributed by atoms with Crippen LogP contribution in [-0.2, 0) is 19.1 Å². The lowest BCUT2D eigenvalue weighted by molar-refractivity contribution is -0.137. The van der Waals surface area contributed by atoms with Crippen LogP contribution in [0.5, 0.6) is 5.75 Å². The molecule has 2 rings (SSSR count). The Bertz CT molecular complexity index is 1200. The van der Waals surface area contributed by atoms with Gasteiger partial charge in [0.05, 0.1) is 7.11 Å². The van der Waals surface area contributed by atoms with Gasteiger partial charge in [-0.3, -0.25) is 19.3 Å². The number of rotatable bonds is 10. The van der Waals surface area contributed by atoms with Crippen LogP contribution in [-0.4, -0.2) is 47.5 Å². The fourth-order valence-corrected chi connectivity index (χ4v) is 3.60. The van der Waals surface area contributed by atoms with Crippen LogP contribution in [0.15, 0.2) is 48.5 Å². The highest BCUT2D eigenvalue weighted by Crippen LogP contribution is 2.27. The number of amides is 4. The summed E-state index contributed by atoms with van der Waals surface area (Å²) in [7, 11) is 1.53. The Morgan fingerprint density at radius 2 is 1.71 bits per heavy atom. The van der Waals surface area contributed by atoms with Crippen molar-refractivity contribution in [3.63, 3.8) is 0 Å². The van der Waals surface area contributed by atoms with Gasteiger partial charge in [0.1, 0.15) is 23.4 Å². The lowest BCUT2D eigenvalue weighted by Gasteiger charge is -2.31. The van der Waals surface area contributed by atoms with Crippen LogP contribution >= 0.6 is 0 Å². The Labute approximate surface area is 222 Å². The molecule has 0 bridgehead atoms. The molecule has 0 aliphatic heterocycles. The molecule has 0 aliphatic carbocycles. The highest BCUT2D eigenvalue weighted by Gasteiger charge is 2.36. The van der Waals surface area contributed by atoms with Gasteiger partial charge in [0.15, 0.2) is 0 Å². The average Bonchev–Trinajstić information content (AvgIpc) is 2.84. The molecule has 10 nitrogen and oxygen atoms in total. The molecule has 0 radical (unpaired) electrons. The molecule has 2 aromatic carbocycles. The first-order valence-corrected chi connectivity index (χ1v) is 11.9. The van der Waals surface area contributed by atoms with E-state index in [2.05, 4.69) is 16.7 Å². The maximum absolute atomic E-state index is 13.7. The second-order valence-corrected chi connectivity index (χ2v) is 9.52. The van der Waals surface area contributed by atoms with Crippen LogP contribution in [0.3, 0.4) is 0 Å². The second-order valence-electron chi connectivity index (χ2n) is 9.52. The molecule has 10 heteroatoms. The summed E-state index contributed by atoms with van der Waals surface area (Å²) in [5.41, 5.74) is 6.10. The Morgan fingerprint density at radius 1 is 1.08 bits per heavy atom. The van der Waals surface area contributed by atoms with E-state index in [9.17, 15) is 19.2 Å². The molecule has 4 N–H and O–H groups in total.